The summed E-state index contributed by atoms with van der Waals surface area (Å²) in [6, 6.07) is 8.14. The van der Waals surface area contributed by atoms with E-state index < -0.39 is 0 Å². The Bertz CT molecular complexity index is 396. The van der Waals surface area contributed by atoms with E-state index in [0.29, 0.717) is 6.54 Å². The van der Waals surface area contributed by atoms with Crippen LogP contribution in [0.25, 0.3) is 0 Å². The Balaban J connectivity index is 2.24. The number of hydrogen-bond acceptors (Lipinski definition) is 3. The summed E-state index contributed by atoms with van der Waals surface area (Å²) in [6.45, 7) is 4.64. The van der Waals surface area contributed by atoms with Crippen molar-refractivity contribution in [3.63, 3.8) is 0 Å². The molecule has 0 saturated heterocycles. The van der Waals surface area contributed by atoms with E-state index in [2.05, 4.69) is 11.2 Å². The van der Waals surface area contributed by atoms with Gasteiger partial charge in [0.2, 0.25) is 0 Å². The van der Waals surface area contributed by atoms with Crippen molar-refractivity contribution >= 4 is 5.71 Å². The minimum absolute atomic E-state index is 0.173. The van der Waals surface area contributed by atoms with E-state index in [-0.39, 0.29) is 5.60 Å². The fourth-order valence-corrected chi connectivity index (χ4v) is 1.68. The minimum atomic E-state index is -0.173. The minimum Gasteiger partial charge on any atom is -0.389 e. The van der Waals surface area contributed by atoms with Gasteiger partial charge in [0.05, 0.1) is 5.71 Å². The van der Waals surface area contributed by atoms with Gasteiger partial charge in [0.15, 0.2) is 0 Å². The highest BCUT2D eigenvalue weighted by molar-refractivity contribution is 6.01. The zero-order chi connectivity index (χ0) is 10.9. The van der Waals surface area contributed by atoms with Crippen LogP contribution in [0.5, 0.6) is 0 Å². The molecule has 1 aromatic rings. The first kappa shape index (κ1) is 10.2. The van der Waals surface area contributed by atoms with Gasteiger partial charge in [-0.2, -0.15) is 0 Å². The molecule has 0 aromatic heterocycles. The summed E-state index contributed by atoms with van der Waals surface area (Å²) in [5.41, 5.74) is 8.68. The van der Waals surface area contributed by atoms with Crippen molar-refractivity contribution in [2.75, 3.05) is 0 Å². The summed E-state index contributed by atoms with van der Waals surface area (Å²) in [5, 5.41) is 4.11. The van der Waals surface area contributed by atoms with E-state index in [1.807, 2.05) is 32.0 Å². The molecule has 0 unspecified atom stereocenters. The molecule has 0 spiro atoms. The standard InChI is InChI=1S/C12H16N2O/c1-12(2)7-11(14-15-12)10-5-3-4-9(6-10)8-13/h3-6H,7-8,13H2,1-2H3. The van der Waals surface area contributed by atoms with E-state index in [9.17, 15) is 0 Å². The summed E-state index contributed by atoms with van der Waals surface area (Å²) in [4.78, 5) is 5.34. The summed E-state index contributed by atoms with van der Waals surface area (Å²) < 4.78 is 0. The van der Waals surface area contributed by atoms with Crippen LogP contribution in [0.1, 0.15) is 31.4 Å². The average molecular weight is 204 g/mol. The lowest BCUT2D eigenvalue weighted by molar-refractivity contribution is 0.0123. The van der Waals surface area contributed by atoms with Crippen molar-refractivity contribution in [2.45, 2.75) is 32.4 Å². The molecule has 1 heterocycles. The molecule has 3 nitrogen and oxygen atoms in total. The zero-order valence-electron chi connectivity index (χ0n) is 9.16. The Kier molecular flexibility index (Phi) is 2.49. The Labute approximate surface area is 89.9 Å². The first-order chi connectivity index (χ1) is 7.11. The van der Waals surface area contributed by atoms with Crippen molar-refractivity contribution in [1.29, 1.82) is 0 Å². The van der Waals surface area contributed by atoms with Gasteiger partial charge >= 0.3 is 0 Å². The molecule has 1 aliphatic rings. The predicted molar refractivity (Wildman–Crippen MR) is 60.7 cm³/mol. The molecular weight excluding hydrogens is 188 g/mol. The topological polar surface area (TPSA) is 47.6 Å². The smallest absolute Gasteiger partial charge is 0.137 e. The third-order valence-corrected chi connectivity index (χ3v) is 2.49. The molecule has 15 heavy (non-hydrogen) atoms. The number of nitrogens with two attached hydrogens (primary N) is 1. The van der Waals surface area contributed by atoms with Crippen LogP contribution in [0, 0.1) is 0 Å². The third-order valence-electron chi connectivity index (χ3n) is 2.49. The van der Waals surface area contributed by atoms with Crippen LogP contribution in [-0.2, 0) is 11.4 Å². The maximum absolute atomic E-state index is 5.60. The van der Waals surface area contributed by atoms with Gasteiger partial charge in [-0.25, -0.2) is 0 Å². The summed E-state index contributed by atoms with van der Waals surface area (Å²) >= 11 is 0. The molecule has 1 aromatic carbocycles. The van der Waals surface area contributed by atoms with Crippen LogP contribution >= 0.6 is 0 Å². The highest BCUT2D eigenvalue weighted by Gasteiger charge is 2.29. The van der Waals surface area contributed by atoms with E-state index in [1.54, 1.807) is 0 Å². The Morgan fingerprint density at radius 3 is 2.87 bits per heavy atom. The lowest BCUT2D eigenvalue weighted by Gasteiger charge is -2.13. The first-order valence-corrected chi connectivity index (χ1v) is 5.15. The second-order valence-corrected chi connectivity index (χ2v) is 4.47. The average Bonchev–Trinajstić information content (AvgIpc) is 2.59. The monoisotopic (exact) mass is 204 g/mol. The maximum atomic E-state index is 5.60. The fraction of sp³-hybridized carbons (Fsp3) is 0.417. The Morgan fingerprint density at radius 1 is 1.47 bits per heavy atom. The van der Waals surface area contributed by atoms with Crippen molar-refractivity contribution in [3.05, 3.63) is 35.4 Å². The number of oxime groups is 1. The van der Waals surface area contributed by atoms with Crippen LogP contribution in [0.15, 0.2) is 29.4 Å². The molecule has 0 fully saturated rings. The molecule has 1 aliphatic heterocycles. The molecule has 0 amide bonds. The van der Waals surface area contributed by atoms with Crippen LogP contribution in [0.3, 0.4) is 0 Å². The van der Waals surface area contributed by atoms with Crippen LogP contribution in [0.4, 0.5) is 0 Å². The second-order valence-electron chi connectivity index (χ2n) is 4.47. The first-order valence-electron chi connectivity index (χ1n) is 5.15. The van der Waals surface area contributed by atoms with Crippen LogP contribution in [-0.4, -0.2) is 11.3 Å². The molecule has 0 atom stereocenters. The summed E-state index contributed by atoms with van der Waals surface area (Å²) in [6.07, 6.45) is 0.848. The van der Waals surface area contributed by atoms with Gasteiger partial charge < -0.3 is 10.6 Å². The summed E-state index contributed by atoms with van der Waals surface area (Å²) in [7, 11) is 0. The Morgan fingerprint density at radius 2 is 2.27 bits per heavy atom. The fourth-order valence-electron chi connectivity index (χ4n) is 1.68. The lowest BCUT2D eigenvalue weighted by Crippen LogP contribution is -2.19. The maximum Gasteiger partial charge on any atom is 0.137 e. The van der Waals surface area contributed by atoms with Crippen LogP contribution < -0.4 is 5.73 Å². The largest absolute Gasteiger partial charge is 0.389 e. The second kappa shape index (κ2) is 3.66. The van der Waals surface area contributed by atoms with E-state index >= 15 is 0 Å². The molecule has 2 rings (SSSR count). The van der Waals surface area contributed by atoms with E-state index in [4.69, 9.17) is 10.6 Å². The van der Waals surface area contributed by atoms with Crippen molar-refractivity contribution in [3.8, 4) is 0 Å². The van der Waals surface area contributed by atoms with E-state index in [0.717, 1.165) is 23.3 Å². The number of nitrogens with zero attached hydrogens (tertiary/aromatic N) is 1. The van der Waals surface area contributed by atoms with Crippen molar-refractivity contribution in [1.82, 2.24) is 0 Å². The van der Waals surface area contributed by atoms with Gasteiger partial charge in [-0.1, -0.05) is 23.4 Å². The quantitative estimate of drug-likeness (QED) is 0.801. The molecule has 2 N–H and O–H groups in total. The molecule has 0 radical (unpaired) electrons. The molecule has 3 heteroatoms. The van der Waals surface area contributed by atoms with Gasteiger partial charge in [0.25, 0.3) is 0 Å². The number of rotatable bonds is 2. The van der Waals surface area contributed by atoms with Gasteiger partial charge in [-0.3, -0.25) is 0 Å². The summed E-state index contributed by atoms with van der Waals surface area (Å²) in [5.74, 6) is 0. The Hall–Kier alpha value is -1.35. The van der Waals surface area contributed by atoms with Crippen molar-refractivity contribution < 1.29 is 4.84 Å². The van der Waals surface area contributed by atoms with Gasteiger partial charge in [-0.05, 0) is 31.0 Å². The molecule has 80 valence electrons. The van der Waals surface area contributed by atoms with E-state index in [1.165, 1.54) is 0 Å². The zero-order valence-corrected chi connectivity index (χ0v) is 9.16. The van der Waals surface area contributed by atoms with Gasteiger partial charge in [0, 0.05) is 13.0 Å². The highest BCUT2D eigenvalue weighted by Crippen LogP contribution is 2.25. The third kappa shape index (κ3) is 2.18. The molecule has 0 aliphatic carbocycles. The van der Waals surface area contributed by atoms with Crippen molar-refractivity contribution in [2.24, 2.45) is 10.9 Å². The van der Waals surface area contributed by atoms with Crippen LogP contribution in [0.2, 0.25) is 0 Å². The number of benzene rings is 1. The molecule has 0 bridgehead atoms. The predicted octanol–water partition coefficient (Wildman–Crippen LogP) is 2.05. The van der Waals surface area contributed by atoms with Gasteiger partial charge in [-0.15, -0.1) is 0 Å². The number of hydrogen-bond donors (Lipinski definition) is 1. The SMILES string of the molecule is CC1(C)CC(c2cccc(CN)c2)=NO1. The molecular formula is C12H16N2O. The normalized spacial score (nSPS) is 18.5. The molecule has 0 saturated carbocycles. The van der Waals surface area contributed by atoms with Gasteiger partial charge in [0.1, 0.15) is 5.60 Å². The lowest BCUT2D eigenvalue weighted by atomic mass is 9.97. The highest BCUT2D eigenvalue weighted by atomic mass is 16.7.